The second kappa shape index (κ2) is 3.69. The summed E-state index contributed by atoms with van der Waals surface area (Å²) in [4.78, 5) is 15.7. The maximum Gasteiger partial charge on any atom is 0.367 e. The molecular formula is C11H9NO4. The quantitative estimate of drug-likeness (QED) is 0.553. The summed E-state index contributed by atoms with van der Waals surface area (Å²) in [6, 6.07) is 4.11. The number of carbonyl (C=O) groups is 1. The predicted octanol–water partition coefficient (Wildman–Crippen LogP) is 1.41. The van der Waals surface area contributed by atoms with Crippen LogP contribution in [0.3, 0.4) is 0 Å². The summed E-state index contributed by atoms with van der Waals surface area (Å²) >= 11 is 0. The van der Waals surface area contributed by atoms with E-state index in [0.717, 1.165) is 0 Å². The van der Waals surface area contributed by atoms with Crippen molar-refractivity contribution >= 4 is 17.8 Å². The van der Waals surface area contributed by atoms with E-state index >= 15 is 0 Å². The van der Waals surface area contributed by atoms with Crippen molar-refractivity contribution in [1.29, 1.82) is 0 Å². The van der Waals surface area contributed by atoms with Crippen LogP contribution in [0.1, 0.15) is 12.5 Å². The lowest BCUT2D eigenvalue weighted by molar-refractivity contribution is -0.136. The zero-order valence-corrected chi connectivity index (χ0v) is 8.47. The molecule has 0 unspecified atom stereocenters. The van der Waals surface area contributed by atoms with Crippen LogP contribution in [-0.4, -0.2) is 21.9 Å². The number of phenols is 2. The van der Waals surface area contributed by atoms with Crippen LogP contribution in [0.25, 0.3) is 6.08 Å². The highest BCUT2D eigenvalue weighted by Crippen LogP contribution is 2.26. The van der Waals surface area contributed by atoms with Gasteiger partial charge in [-0.05, 0) is 25.1 Å². The second-order valence-corrected chi connectivity index (χ2v) is 3.36. The van der Waals surface area contributed by atoms with E-state index in [1.165, 1.54) is 24.3 Å². The Morgan fingerprint density at radius 2 is 2.12 bits per heavy atom. The van der Waals surface area contributed by atoms with E-state index in [0.29, 0.717) is 16.8 Å². The first kappa shape index (κ1) is 10.2. The van der Waals surface area contributed by atoms with Gasteiger partial charge in [-0.2, -0.15) is 0 Å². The van der Waals surface area contributed by atoms with Gasteiger partial charge in [-0.1, -0.05) is 5.16 Å². The molecule has 0 aliphatic carbocycles. The van der Waals surface area contributed by atoms with Gasteiger partial charge >= 0.3 is 5.97 Å². The molecular weight excluding hydrogens is 210 g/mol. The third kappa shape index (κ3) is 1.75. The number of oxime groups is 1. The summed E-state index contributed by atoms with van der Waals surface area (Å²) in [5, 5.41) is 22.1. The monoisotopic (exact) mass is 219 g/mol. The van der Waals surface area contributed by atoms with Crippen LogP contribution >= 0.6 is 0 Å². The molecule has 0 bridgehead atoms. The Kier molecular flexibility index (Phi) is 2.36. The van der Waals surface area contributed by atoms with Gasteiger partial charge in [0.15, 0.2) is 0 Å². The molecule has 5 heteroatoms. The molecule has 0 radical (unpaired) electrons. The molecule has 0 amide bonds. The van der Waals surface area contributed by atoms with Crippen molar-refractivity contribution in [3.63, 3.8) is 0 Å². The van der Waals surface area contributed by atoms with Crippen molar-refractivity contribution in [2.24, 2.45) is 5.16 Å². The van der Waals surface area contributed by atoms with Crippen molar-refractivity contribution in [1.82, 2.24) is 0 Å². The lowest BCUT2D eigenvalue weighted by Crippen LogP contribution is -2.01. The minimum absolute atomic E-state index is 0.0426. The van der Waals surface area contributed by atoms with Crippen molar-refractivity contribution < 1.29 is 19.8 Å². The van der Waals surface area contributed by atoms with E-state index < -0.39 is 5.97 Å². The van der Waals surface area contributed by atoms with Crippen LogP contribution in [0.2, 0.25) is 0 Å². The fourth-order valence-corrected chi connectivity index (χ4v) is 1.33. The van der Waals surface area contributed by atoms with E-state index in [1.807, 2.05) is 0 Å². The van der Waals surface area contributed by atoms with Crippen LogP contribution in [0, 0.1) is 0 Å². The molecule has 0 fully saturated rings. The fourth-order valence-electron chi connectivity index (χ4n) is 1.33. The molecule has 1 aromatic carbocycles. The van der Waals surface area contributed by atoms with Gasteiger partial charge in [0.05, 0.1) is 11.3 Å². The average Bonchev–Trinajstić information content (AvgIpc) is 2.53. The third-order valence-electron chi connectivity index (χ3n) is 2.19. The maximum atomic E-state index is 11.2. The Morgan fingerprint density at radius 1 is 1.38 bits per heavy atom. The van der Waals surface area contributed by atoms with E-state index in [1.54, 1.807) is 6.92 Å². The Bertz CT molecular complexity index is 517. The summed E-state index contributed by atoms with van der Waals surface area (Å²) in [6.07, 6.45) is 1.46. The standard InChI is InChI=1S/C11H9NO4/c1-6-9(11(15)16-12-6)4-7-2-3-8(13)5-10(7)14/h2-5,13-14H,1H3/b9-4+. The molecule has 1 aromatic rings. The molecule has 16 heavy (non-hydrogen) atoms. The molecule has 82 valence electrons. The molecule has 5 nitrogen and oxygen atoms in total. The van der Waals surface area contributed by atoms with Gasteiger partial charge < -0.3 is 15.1 Å². The van der Waals surface area contributed by atoms with Crippen LogP contribution in [0.4, 0.5) is 0 Å². The first-order chi connectivity index (χ1) is 7.58. The number of phenolic OH excluding ortho intramolecular Hbond substituents is 2. The number of carbonyl (C=O) groups excluding carboxylic acids is 1. The third-order valence-corrected chi connectivity index (χ3v) is 2.19. The van der Waals surface area contributed by atoms with Crippen LogP contribution in [-0.2, 0) is 9.63 Å². The number of benzene rings is 1. The Hall–Kier alpha value is -2.30. The van der Waals surface area contributed by atoms with Gasteiger partial charge in [-0.3, -0.25) is 0 Å². The molecule has 0 atom stereocenters. The summed E-state index contributed by atoms with van der Waals surface area (Å²) < 4.78 is 0. The lowest BCUT2D eigenvalue weighted by Gasteiger charge is -2.00. The zero-order chi connectivity index (χ0) is 11.7. The summed E-state index contributed by atoms with van der Waals surface area (Å²) in [7, 11) is 0. The molecule has 2 rings (SSSR count). The SMILES string of the molecule is CC1=NOC(=O)/C1=C/c1ccc(O)cc1O. The van der Waals surface area contributed by atoms with E-state index in [-0.39, 0.29) is 11.5 Å². The van der Waals surface area contributed by atoms with Crippen molar-refractivity contribution in [2.75, 3.05) is 0 Å². The van der Waals surface area contributed by atoms with Crippen LogP contribution in [0.15, 0.2) is 28.9 Å². The number of rotatable bonds is 1. The fraction of sp³-hybridized carbons (Fsp3) is 0.0909. The van der Waals surface area contributed by atoms with Gasteiger partial charge in [0.25, 0.3) is 0 Å². The minimum Gasteiger partial charge on any atom is -0.508 e. The van der Waals surface area contributed by atoms with Crippen molar-refractivity contribution in [3.8, 4) is 11.5 Å². The van der Waals surface area contributed by atoms with Crippen molar-refractivity contribution in [3.05, 3.63) is 29.3 Å². The second-order valence-electron chi connectivity index (χ2n) is 3.36. The van der Waals surface area contributed by atoms with E-state index in [4.69, 9.17) is 5.11 Å². The van der Waals surface area contributed by atoms with E-state index in [9.17, 15) is 9.90 Å². The highest BCUT2D eigenvalue weighted by Gasteiger charge is 2.22. The molecule has 0 spiro atoms. The highest BCUT2D eigenvalue weighted by atomic mass is 16.7. The predicted molar refractivity (Wildman–Crippen MR) is 56.9 cm³/mol. The van der Waals surface area contributed by atoms with Crippen molar-refractivity contribution in [2.45, 2.75) is 6.92 Å². The van der Waals surface area contributed by atoms with E-state index in [2.05, 4.69) is 9.99 Å². The normalized spacial score (nSPS) is 17.4. The Morgan fingerprint density at radius 3 is 2.69 bits per heavy atom. The van der Waals surface area contributed by atoms with Gasteiger partial charge in [0.1, 0.15) is 11.5 Å². The van der Waals surface area contributed by atoms with Gasteiger partial charge in [0.2, 0.25) is 0 Å². The molecule has 1 heterocycles. The number of hydrogen-bond acceptors (Lipinski definition) is 5. The molecule has 2 N–H and O–H groups in total. The molecule has 0 saturated carbocycles. The summed E-state index contributed by atoms with van der Waals surface area (Å²) in [6.45, 7) is 1.63. The first-order valence-corrected chi connectivity index (χ1v) is 4.58. The molecule has 0 aromatic heterocycles. The lowest BCUT2D eigenvalue weighted by atomic mass is 10.1. The largest absolute Gasteiger partial charge is 0.508 e. The van der Waals surface area contributed by atoms with Crippen LogP contribution < -0.4 is 0 Å². The zero-order valence-electron chi connectivity index (χ0n) is 8.47. The molecule has 1 aliphatic heterocycles. The van der Waals surface area contributed by atoms with Gasteiger partial charge in [-0.25, -0.2) is 4.79 Å². The highest BCUT2D eigenvalue weighted by molar-refractivity contribution is 6.24. The number of aromatic hydroxyl groups is 2. The topological polar surface area (TPSA) is 79.1 Å². The van der Waals surface area contributed by atoms with Gasteiger partial charge in [-0.15, -0.1) is 0 Å². The first-order valence-electron chi connectivity index (χ1n) is 4.58. The number of nitrogens with zero attached hydrogens (tertiary/aromatic N) is 1. The smallest absolute Gasteiger partial charge is 0.367 e. The van der Waals surface area contributed by atoms with Gasteiger partial charge in [0, 0.05) is 11.6 Å². The Balaban J connectivity index is 2.43. The summed E-state index contributed by atoms with van der Waals surface area (Å²) in [5.74, 6) is -0.705. The molecule has 1 aliphatic rings. The maximum absolute atomic E-state index is 11.2. The average molecular weight is 219 g/mol. The Labute approximate surface area is 91.3 Å². The molecule has 0 saturated heterocycles. The minimum atomic E-state index is -0.551. The number of hydrogen-bond donors (Lipinski definition) is 2. The van der Waals surface area contributed by atoms with Crippen LogP contribution in [0.5, 0.6) is 11.5 Å². The summed E-state index contributed by atoms with van der Waals surface area (Å²) in [5.41, 5.74) is 1.17.